The molecule has 138 valence electrons. The van der Waals surface area contributed by atoms with Crippen LogP contribution in [0.2, 0.25) is 5.02 Å². The minimum atomic E-state index is 0.00867. The number of aryl methyl sites for hydroxylation is 1. The summed E-state index contributed by atoms with van der Waals surface area (Å²) in [7, 11) is 1.63. The highest BCUT2D eigenvalue weighted by Gasteiger charge is 2.21. The van der Waals surface area contributed by atoms with E-state index in [1.807, 2.05) is 30.0 Å². The maximum atomic E-state index is 12.2. The topological polar surface area (TPSA) is 61.9 Å². The third kappa shape index (κ3) is 6.21. The van der Waals surface area contributed by atoms with Crippen LogP contribution in [0.15, 0.2) is 18.2 Å². The van der Waals surface area contributed by atoms with Gasteiger partial charge in [0.1, 0.15) is 5.75 Å². The molecule has 1 aromatic rings. The highest BCUT2D eigenvalue weighted by Crippen LogP contribution is 2.21. The second-order valence-electron chi connectivity index (χ2n) is 6.19. The molecular formula is C18H26ClN3O3. The Bertz CT molecular complexity index is 601. The summed E-state index contributed by atoms with van der Waals surface area (Å²) >= 11 is 5.98. The highest BCUT2D eigenvalue weighted by molar-refractivity contribution is 6.31. The number of amides is 2. The van der Waals surface area contributed by atoms with Crippen molar-refractivity contribution in [1.82, 2.24) is 15.1 Å². The lowest BCUT2D eigenvalue weighted by atomic mass is 10.2. The Morgan fingerprint density at radius 1 is 1.24 bits per heavy atom. The van der Waals surface area contributed by atoms with E-state index in [-0.39, 0.29) is 11.8 Å². The Morgan fingerprint density at radius 3 is 2.60 bits per heavy atom. The molecule has 0 atom stereocenters. The molecule has 0 spiro atoms. The van der Waals surface area contributed by atoms with Crippen molar-refractivity contribution >= 4 is 23.4 Å². The van der Waals surface area contributed by atoms with Crippen LogP contribution in [0.3, 0.4) is 0 Å². The summed E-state index contributed by atoms with van der Waals surface area (Å²) in [5, 5.41) is 3.34. The number of nitrogens with zero attached hydrogens (tertiary/aromatic N) is 2. The van der Waals surface area contributed by atoms with Gasteiger partial charge in [0, 0.05) is 44.7 Å². The van der Waals surface area contributed by atoms with Crippen LogP contribution in [-0.4, -0.2) is 68.0 Å². The molecule has 1 aliphatic rings. The molecule has 0 saturated carbocycles. The van der Waals surface area contributed by atoms with Crippen LogP contribution in [0, 0.1) is 6.92 Å². The average molecular weight is 368 g/mol. The lowest BCUT2D eigenvalue weighted by Crippen LogP contribution is -2.50. The molecule has 1 fully saturated rings. The summed E-state index contributed by atoms with van der Waals surface area (Å²) in [5.74, 6) is 0.932. The number of carbonyl (C=O) groups excluding carboxylic acids is 2. The van der Waals surface area contributed by atoms with E-state index in [4.69, 9.17) is 16.3 Å². The van der Waals surface area contributed by atoms with E-state index in [2.05, 4.69) is 10.2 Å². The first-order valence-corrected chi connectivity index (χ1v) is 8.97. The fourth-order valence-electron chi connectivity index (χ4n) is 2.72. The Morgan fingerprint density at radius 2 is 1.96 bits per heavy atom. The average Bonchev–Trinajstić information content (AvgIpc) is 2.62. The number of likely N-dealkylation sites (N-methyl/N-ethyl adjacent to an activating group) is 1. The molecule has 7 heteroatoms. The highest BCUT2D eigenvalue weighted by atomic mass is 35.5. The number of piperazine rings is 1. The molecule has 1 N–H and O–H groups in total. The van der Waals surface area contributed by atoms with E-state index in [1.165, 1.54) is 0 Å². The minimum absolute atomic E-state index is 0.00867. The van der Waals surface area contributed by atoms with E-state index in [0.717, 1.165) is 29.4 Å². The summed E-state index contributed by atoms with van der Waals surface area (Å²) in [6, 6.07) is 5.55. The number of halogens is 1. The maximum Gasteiger partial charge on any atom is 0.233 e. The first-order chi connectivity index (χ1) is 12.0. The molecule has 0 unspecified atom stereocenters. The van der Waals surface area contributed by atoms with Crippen molar-refractivity contribution in [2.75, 3.05) is 46.4 Å². The zero-order valence-electron chi connectivity index (χ0n) is 14.9. The van der Waals surface area contributed by atoms with Gasteiger partial charge in [0.15, 0.2) is 0 Å². The van der Waals surface area contributed by atoms with E-state index < -0.39 is 0 Å². The van der Waals surface area contributed by atoms with Crippen molar-refractivity contribution in [2.45, 2.75) is 19.8 Å². The number of benzene rings is 1. The van der Waals surface area contributed by atoms with Gasteiger partial charge < -0.3 is 15.0 Å². The SMILES string of the molecule is CNC(=O)CN1CCN(C(=O)CCCOc2ccc(Cl)c(C)c2)CC1. The van der Waals surface area contributed by atoms with Gasteiger partial charge in [-0.1, -0.05) is 11.6 Å². The molecule has 6 nitrogen and oxygen atoms in total. The van der Waals surface area contributed by atoms with Gasteiger partial charge >= 0.3 is 0 Å². The van der Waals surface area contributed by atoms with E-state index in [1.54, 1.807) is 7.05 Å². The molecule has 0 radical (unpaired) electrons. The lowest BCUT2D eigenvalue weighted by molar-refractivity contribution is -0.133. The molecule has 0 bridgehead atoms. The normalized spacial score (nSPS) is 15.1. The second-order valence-corrected chi connectivity index (χ2v) is 6.60. The van der Waals surface area contributed by atoms with Gasteiger partial charge in [-0.15, -0.1) is 0 Å². The van der Waals surface area contributed by atoms with Gasteiger partial charge in [0.05, 0.1) is 13.2 Å². The first-order valence-electron chi connectivity index (χ1n) is 8.59. The summed E-state index contributed by atoms with van der Waals surface area (Å²) in [4.78, 5) is 27.6. The Kier molecular flexibility index (Phi) is 7.52. The van der Waals surface area contributed by atoms with Gasteiger partial charge in [-0.05, 0) is 37.1 Å². The number of hydrogen-bond donors (Lipinski definition) is 1. The fourth-order valence-corrected chi connectivity index (χ4v) is 2.83. The van der Waals surface area contributed by atoms with Crippen molar-refractivity contribution in [2.24, 2.45) is 0 Å². The standard InChI is InChI=1S/C18H26ClN3O3/c1-14-12-15(5-6-16(14)19)25-11-3-4-18(24)22-9-7-21(8-10-22)13-17(23)20-2/h5-6,12H,3-4,7-11,13H2,1-2H3,(H,20,23). The molecule has 1 saturated heterocycles. The van der Waals surface area contributed by atoms with Crippen molar-refractivity contribution < 1.29 is 14.3 Å². The molecule has 1 aromatic carbocycles. The quantitative estimate of drug-likeness (QED) is 0.745. The smallest absolute Gasteiger partial charge is 0.233 e. The maximum absolute atomic E-state index is 12.2. The third-order valence-corrected chi connectivity index (χ3v) is 4.73. The van der Waals surface area contributed by atoms with Crippen LogP contribution in [-0.2, 0) is 9.59 Å². The van der Waals surface area contributed by atoms with Crippen LogP contribution in [0.5, 0.6) is 5.75 Å². The number of hydrogen-bond acceptors (Lipinski definition) is 4. The number of ether oxygens (including phenoxy) is 1. The van der Waals surface area contributed by atoms with Gasteiger partial charge in [-0.3, -0.25) is 14.5 Å². The second kappa shape index (κ2) is 9.63. The largest absolute Gasteiger partial charge is 0.494 e. The number of rotatable bonds is 7. The Hall–Kier alpha value is -1.79. The van der Waals surface area contributed by atoms with Crippen LogP contribution in [0.4, 0.5) is 0 Å². The van der Waals surface area contributed by atoms with Gasteiger partial charge in [0.25, 0.3) is 0 Å². The number of nitrogens with one attached hydrogen (secondary N) is 1. The van der Waals surface area contributed by atoms with Crippen LogP contribution in [0.1, 0.15) is 18.4 Å². The molecule has 25 heavy (non-hydrogen) atoms. The first kappa shape index (κ1) is 19.5. The molecule has 0 aromatic heterocycles. The predicted octanol–water partition coefficient (Wildman–Crippen LogP) is 1.70. The number of carbonyl (C=O) groups is 2. The van der Waals surface area contributed by atoms with E-state index >= 15 is 0 Å². The van der Waals surface area contributed by atoms with E-state index in [9.17, 15) is 9.59 Å². The van der Waals surface area contributed by atoms with Crippen molar-refractivity contribution in [3.63, 3.8) is 0 Å². The molecular weight excluding hydrogens is 342 g/mol. The molecule has 1 heterocycles. The third-order valence-electron chi connectivity index (χ3n) is 4.30. The van der Waals surface area contributed by atoms with Gasteiger partial charge in [0.2, 0.25) is 11.8 Å². The van der Waals surface area contributed by atoms with Crippen LogP contribution in [0.25, 0.3) is 0 Å². The van der Waals surface area contributed by atoms with Gasteiger partial charge in [-0.2, -0.15) is 0 Å². The molecule has 0 aliphatic carbocycles. The molecule has 1 aliphatic heterocycles. The lowest BCUT2D eigenvalue weighted by Gasteiger charge is -2.34. The molecule has 2 amide bonds. The van der Waals surface area contributed by atoms with Crippen LogP contribution >= 0.6 is 11.6 Å². The van der Waals surface area contributed by atoms with E-state index in [0.29, 0.717) is 39.1 Å². The predicted molar refractivity (Wildman–Crippen MR) is 98.0 cm³/mol. The Balaban J connectivity index is 1.64. The van der Waals surface area contributed by atoms with Crippen LogP contribution < -0.4 is 10.1 Å². The summed E-state index contributed by atoms with van der Waals surface area (Å²) in [6.45, 7) is 5.65. The van der Waals surface area contributed by atoms with Crippen molar-refractivity contribution in [1.29, 1.82) is 0 Å². The monoisotopic (exact) mass is 367 g/mol. The molecule has 2 rings (SSSR count). The zero-order valence-corrected chi connectivity index (χ0v) is 15.6. The van der Waals surface area contributed by atoms with Crippen molar-refractivity contribution in [3.05, 3.63) is 28.8 Å². The van der Waals surface area contributed by atoms with Crippen molar-refractivity contribution in [3.8, 4) is 5.75 Å². The summed E-state index contributed by atoms with van der Waals surface area (Å²) in [5.41, 5.74) is 0.977. The zero-order chi connectivity index (χ0) is 18.2. The van der Waals surface area contributed by atoms with Gasteiger partial charge in [-0.25, -0.2) is 0 Å². The summed E-state index contributed by atoms with van der Waals surface area (Å²) in [6.07, 6.45) is 1.15. The summed E-state index contributed by atoms with van der Waals surface area (Å²) < 4.78 is 5.67. The minimum Gasteiger partial charge on any atom is -0.494 e. The fraction of sp³-hybridized carbons (Fsp3) is 0.556. The Labute approximate surface area is 154 Å².